The zero-order chi connectivity index (χ0) is 19.3. The second-order valence-corrected chi connectivity index (χ2v) is 8.10. The molecule has 0 radical (unpaired) electrons. The smallest absolute Gasteiger partial charge is 0.255 e. The molecule has 0 bridgehead atoms. The number of benzene rings is 3. The van der Waals surface area contributed by atoms with E-state index in [2.05, 4.69) is 5.32 Å². The van der Waals surface area contributed by atoms with Crippen LogP contribution >= 0.6 is 0 Å². The highest BCUT2D eigenvalue weighted by Gasteiger charge is 2.12. The minimum Gasteiger partial charge on any atom is -0.457 e. The highest BCUT2D eigenvalue weighted by molar-refractivity contribution is 7.91. The first-order chi connectivity index (χ1) is 13.0. The number of anilines is 1. The molecular formula is C21H19NO4S. The topological polar surface area (TPSA) is 72.5 Å². The molecule has 5 nitrogen and oxygen atoms in total. The van der Waals surface area contributed by atoms with E-state index < -0.39 is 9.84 Å². The fourth-order valence-corrected chi connectivity index (χ4v) is 3.30. The Balaban J connectivity index is 1.66. The number of sulfone groups is 1. The largest absolute Gasteiger partial charge is 0.457 e. The fourth-order valence-electron chi connectivity index (χ4n) is 2.41. The molecule has 1 amide bonds. The van der Waals surface area contributed by atoms with Gasteiger partial charge in [0.05, 0.1) is 10.6 Å². The van der Waals surface area contributed by atoms with Crippen LogP contribution in [0.4, 0.5) is 5.69 Å². The second kappa shape index (κ2) is 8.05. The van der Waals surface area contributed by atoms with Gasteiger partial charge in [-0.2, -0.15) is 0 Å². The van der Waals surface area contributed by atoms with Crippen LogP contribution in [-0.2, 0) is 9.84 Å². The Labute approximate surface area is 158 Å². The summed E-state index contributed by atoms with van der Waals surface area (Å²) >= 11 is 0. The third-order valence-corrected chi connectivity index (χ3v) is 5.70. The summed E-state index contributed by atoms with van der Waals surface area (Å²) in [5.74, 6) is 1.10. The van der Waals surface area contributed by atoms with E-state index in [1.165, 1.54) is 12.1 Å². The molecular weight excluding hydrogens is 362 g/mol. The summed E-state index contributed by atoms with van der Waals surface area (Å²) in [5.41, 5.74) is 1.00. The molecule has 0 aliphatic carbocycles. The van der Waals surface area contributed by atoms with Crippen molar-refractivity contribution in [3.05, 3.63) is 84.4 Å². The normalized spacial score (nSPS) is 11.0. The number of carbonyl (C=O) groups excluding carboxylic acids is 1. The van der Waals surface area contributed by atoms with E-state index in [0.29, 0.717) is 17.0 Å². The Hall–Kier alpha value is -3.12. The SMILES string of the molecule is CCS(=O)(=O)c1ccc(NC(=O)c2ccc(Oc3ccccc3)cc2)cc1. The highest BCUT2D eigenvalue weighted by atomic mass is 32.2. The summed E-state index contributed by atoms with van der Waals surface area (Å²) in [6.45, 7) is 1.59. The molecule has 0 saturated carbocycles. The Kier molecular flexibility index (Phi) is 5.57. The zero-order valence-corrected chi connectivity index (χ0v) is 15.6. The van der Waals surface area contributed by atoms with Gasteiger partial charge >= 0.3 is 0 Å². The van der Waals surface area contributed by atoms with Crippen LogP contribution in [0.3, 0.4) is 0 Å². The van der Waals surface area contributed by atoms with E-state index in [4.69, 9.17) is 4.74 Å². The van der Waals surface area contributed by atoms with Gasteiger partial charge in [0, 0.05) is 11.3 Å². The van der Waals surface area contributed by atoms with E-state index in [1.54, 1.807) is 43.3 Å². The molecule has 0 aromatic heterocycles. The molecule has 0 atom stereocenters. The van der Waals surface area contributed by atoms with Crippen LogP contribution in [0.5, 0.6) is 11.5 Å². The first kappa shape index (κ1) is 18.7. The maximum absolute atomic E-state index is 12.4. The lowest BCUT2D eigenvalue weighted by atomic mass is 10.2. The molecule has 3 aromatic carbocycles. The van der Waals surface area contributed by atoms with Gasteiger partial charge in [-0.1, -0.05) is 25.1 Å². The Bertz CT molecular complexity index is 1010. The van der Waals surface area contributed by atoms with E-state index in [9.17, 15) is 13.2 Å². The third-order valence-electron chi connectivity index (χ3n) is 3.95. The number of ether oxygens (including phenoxy) is 1. The second-order valence-electron chi connectivity index (χ2n) is 5.82. The molecule has 0 aliphatic heterocycles. The molecule has 0 aliphatic rings. The van der Waals surface area contributed by atoms with Crippen molar-refractivity contribution in [2.75, 3.05) is 11.1 Å². The standard InChI is InChI=1S/C21H19NO4S/c1-2-27(24,25)20-14-10-17(11-15-20)22-21(23)16-8-12-19(13-9-16)26-18-6-4-3-5-7-18/h3-15H,2H2,1H3,(H,22,23). The van der Waals surface area contributed by atoms with Crippen LogP contribution in [0.15, 0.2) is 83.8 Å². The first-order valence-electron chi connectivity index (χ1n) is 8.45. The van der Waals surface area contributed by atoms with Crippen molar-refractivity contribution in [3.8, 4) is 11.5 Å². The maximum atomic E-state index is 12.4. The average molecular weight is 381 g/mol. The molecule has 0 fully saturated rings. The van der Waals surface area contributed by atoms with Gasteiger partial charge < -0.3 is 10.1 Å². The molecule has 6 heteroatoms. The number of nitrogens with one attached hydrogen (secondary N) is 1. The van der Waals surface area contributed by atoms with Crippen molar-refractivity contribution < 1.29 is 17.9 Å². The summed E-state index contributed by atoms with van der Waals surface area (Å²) in [4.78, 5) is 12.6. The predicted octanol–water partition coefficient (Wildman–Crippen LogP) is 4.52. The molecule has 0 spiro atoms. The average Bonchev–Trinajstić information content (AvgIpc) is 2.70. The van der Waals surface area contributed by atoms with Gasteiger partial charge in [-0.05, 0) is 60.7 Å². The zero-order valence-electron chi connectivity index (χ0n) is 14.8. The van der Waals surface area contributed by atoms with Crippen molar-refractivity contribution in [1.29, 1.82) is 0 Å². The summed E-state index contributed by atoms with van der Waals surface area (Å²) in [6, 6.07) is 22.3. The lowest BCUT2D eigenvalue weighted by Crippen LogP contribution is -2.12. The molecule has 1 N–H and O–H groups in total. The fraction of sp³-hybridized carbons (Fsp3) is 0.0952. The van der Waals surface area contributed by atoms with Gasteiger partial charge in [-0.3, -0.25) is 4.79 Å². The monoisotopic (exact) mass is 381 g/mol. The summed E-state index contributed by atoms with van der Waals surface area (Å²) < 4.78 is 29.3. The Morgan fingerprint density at radius 2 is 1.44 bits per heavy atom. The minimum atomic E-state index is -3.25. The van der Waals surface area contributed by atoms with Crippen molar-refractivity contribution in [3.63, 3.8) is 0 Å². The molecule has 0 unspecified atom stereocenters. The minimum absolute atomic E-state index is 0.0378. The van der Waals surface area contributed by atoms with E-state index in [0.717, 1.165) is 5.75 Å². The Morgan fingerprint density at radius 1 is 0.852 bits per heavy atom. The van der Waals surface area contributed by atoms with Gasteiger partial charge in [0.1, 0.15) is 11.5 Å². The molecule has 27 heavy (non-hydrogen) atoms. The number of para-hydroxylation sites is 1. The van der Waals surface area contributed by atoms with Crippen LogP contribution < -0.4 is 10.1 Å². The lowest BCUT2D eigenvalue weighted by molar-refractivity contribution is 0.102. The maximum Gasteiger partial charge on any atom is 0.255 e. The van der Waals surface area contributed by atoms with Gasteiger partial charge in [0.25, 0.3) is 5.91 Å². The Morgan fingerprint density at radius 3 is 2.04 bits per heavy atom. The van der Waals surface area contributed by atoms with Gasteiger partial charge in [0.15, 0.2) is 9.84 Å². The van der Waals surface area contributed by atoms with E-state index in [-0.39, 0.29) is 16.6 Å². The molecule has 0 heterocycles. The molecule has 138 valence electrons. The molecule has 3 aromatic rings. The first-order valence-corrected chi connectivity index (χ1v) is 10.1. The van der Waals surface area contributed by atoms with Crippen LogP contribution in [0.1, 0.15) is 17.3 Å². The quantitative estimate of drug-likeness (QED) is 0.681. The number of amides is 1. The molecule has 3 rings (SSSR count). The van der Waals surface area contributed by atoms with Crippen LogP contribution in [0.25, 0.3) is 0 Å². The predicted molar refractivity (Wildman–Crippen MR) is 105 cm³/mol. The number of carbonyl (C=O) groups is 1. The van der Waals surface area contributed by atoms with Crippen LogP contribution in [-0.4, -0.2) is 20.1 Å². The van der Waals surface area contributed by atoms with E-state index >= 15 is 0 Å². The highest BCUT2D eigenvalue weighted by Crippen LogP contribution is 2.22. The summed E-state index contributed by atoms with van der Waals surface area (Å²) in [6.07, 6.45) is 0. The number of hydrogen-bond acceptors (Lipinski definition) is 4. The molecule has 0 saturated heterocycles. The van der Waals surface area contributed by atoms with Crippen LogP contribution in [0, 0.1) is 0 Å². The number of hydrogen-bond donors (Lipinski definition) is 1. The summed E-state index contributed by atoms with van der Waals surface area (Å²) in [5, 5.41) is 2.75. The van der Waals surface area contributed by atoms with Gasteiger partial charge in [-0.25, -0.2) is 8.42 Å². The van der Waals surface area contributed by atoms with Crippen molar-refractivity contribution >= 4 is 21.4 Å². The van der Waals surface area contributed by atoms with Crippen molar-refractivity contribution in [2.45, 2.75) is 11.8 Å². The number of rotatable bonds is 6. The van der Waals surface area contributed by atoms with Crippen LogP contribution in [0.2, 0.25) is 0 Å². The van der Waals surface area contributed by atoms with E-state index in [1.807, 2.05) is 30.3 Å². The summed E-state index contributed by atoms with van der Waals surface area (Å²) in [7, 11) is -3.25. The van der Waals surface area contributed by atoms with Crippen molar-refractivity contribution in [1.82, 2.24) is 0 Å². The van der Waals surface area contributed by atoms with Gasteiger partial charge in [-0.15, -0.1) is 0 Å². The third kappa shape index (κ3) is 4.74. The van der Waals surface area contributed by atoms with Gasteiger partial charge in [0.2, 0.25) is 0 Å². The van der Waals surface area contributed by atoms with Crippen molar-refractivity contribution in [2.24, 2.45) is 0 Å². The lowest BCUT2D eigenvalue weighted by Gasteiger charge is -2.08.